The summed E-state index contributed by atoms with van der Waals surface area (Å²) in [6.07, 6.45) is 2.22. The molecule has 0 bridgehead atoms. The lowest BCUT2D eigenvalue weighted by atomic mass is 10.00. The van der Waals surface area contributed by atoms with Gasteiger partial charge in [0.15, 0.2) is 0 Å². The predicted octanol–water partition coefficient (Wildman–Crippen LogP) is 2.53. The Morgan fingerprint density at radius 3 is 2.70 bits per heavy atom. The number of aromatic hydroxyl groups is 1. The van der Waals surface area contributed by atoms with E-state index in [0.29, 0.717) is 23.4 Å². The van der Waals surface area contributed by atoms with Crippen molar-refractivity contribution in [1.29, 1.82) is 0 Å². The number of nitrogens with one attached hydrogen (secondary N) is 1. The second-order valence-electron chi connectivity index (χ2n) is 5.46. The van der Waals surface area contributed by atoms with E-state index in [9.17, 15) is 5.11 Å². The van der Waals surface area contributed by atoms with Gasteiger partial charge < -0.3 is 14.9 Å². The lowest BCUT2D eigenvalue weighted by molar-refractivity contribution is 0.322. The molecule has 1 aromatic heterocycles. The molecule has 1 aliphatic heterocycles. The Morgan fingerprint density at radius 1 is 1.30 bits per heavy atom. The maximum absolute atomic E-state index is 9.81. The summed E-state index contributed by atoms with van der Waals surface area (Å²) in [5, 5.41) is 17.2. The zero-order valence-electron chi connectivity index (χ0n) is 11.8. The Kier molecular flexibility index (Phi) is 3.44. The number of rotatable bonds is 2. The van der Waals surface area contributed by atoms with E-state index in [1.807, 2.05) is 26.0 Å². The van der Waals surface area contributed by atoms with Crippen LogP contribution in [0.1, 0.15) is 35.8 Å². The number of aryl methyl sites for hydroxylation is 2. The molecular weight excluding hydrogens is 254 g/mol. The Bertz CT molecular complexity index is 592. The third kappa shape index (κ3) is 2.41. The second-order valence-corrected chi connectivity index (χ2v) is 5.46. The van der Waals surface area contributed by atoms with Crippen molar-refractivity contribution in [1.82, 2.24) is 15.5 Å². The van der Waals surface area contributed by atoms with Crippen molar-refractivity contribution in [2.24, 2.45) is 0 Å². The molecule has 0 aliphatic carbocycles. The predicted molar refractivity (Wildman–Crippen MR) is 75.7 cm³/mol. The summed E-state index contributed by atoms with van der Waals surface area (Å²) < 4.78 is 5.40. The molecule has 1 saturated heterocycles. The van der Waals surface area contributed by atoms with Gasteiger partial charge in [0.1, 0.15) is 5.75 Å². The molecule has 0 amide bonds. The van der Waals surface area contributed by atoms with Crippen molar-refractivity contribution in [3.05, 3.63) is 29.2 Å². The molecule has 2 N–H and O–H groups in total. The van der Waals surface area contributed by atoms with Crippen LogP contribution in [0.2, 0.25) is 0 Å². The minimum Gasteiger partial charge on any atom is -0.507 e. The molecule has 0 radical (unpaired) electrons. The molecule has 2 aromatic rings. The van der Waals surface area contributed by atoms with Crippen molar-refractivity contribution in [3.8, 4) is 17.1 Å². The van der Waals surface area contributed by atoms with Crippen molar-refractivity contribution in [2.75, 3.05) is 13.1 Å². The molecule has 1 unspecified atom stereocenters. The average molecular weight is 273 g/mol. The van der Waals surface area contributed by atoms with Crippen molar-refractivity contribution in [3.63, 3.8) is 0 Å². The zero-order chi connectivity index (χ0) is 14.1. The van der Waals surface area contributed by atoms with Crippen molar-refractivity contribution < 1.29 is 9.63 Å². The van der Waals surface area contributed by atoms with Crippen molar-refractivity contribution in [2.45, 2.75) is 32.6 Å². The highest BCUT2D eigenvalue weighted by atomic mass is 16.5. The van der Waals surface area contributed by atoms with Crippen LogP contribution in [0.15, 0.2) is 16.7 Å². The molecule has 1 aromatic carbocycles. The number of aromatic nitrogens is 2. The topological polar surface area (TPSA) is 71.2 Å². The monoisotopic (exact) mass is 273 g/mol. The van der Waals surface area contributed by atoms with Gasteiger partial charge >= 0.3 is 0 Å². The molecule has 0 saturated carbocycles. The van der Waals surface area contributed by atoms with Gasteiger partial charge in [-0.15, -0.1) is 0 Å². The molecule has 106 valence electrons. The van der Waals surface area contributed by atoms with Crippen LogP contribution < -0.4 is 5.32 Å². The van der Waals surface area contributed by atoms with Crippen LogP contribution in [0.5, 0.6) is 5.75 Å². The summed E-state index contributed by atoms with van der Waals surface area (Å²) in [6.45, 7) is 5.71. The van der Waals surface area contributed by atoms with Crippen LogP contribution >= 0.6 is 0 Å². The zero-order valence-corrected chi connectivity index (χ0v) is 11.8. The SMILES string of the molecule is Cc1cc(-c2noc(C3CCCNC3)n2)cc(C)c1O. The van der Waals surface area contributed by atoms with E-state index < -0.39 is 0 Å². The van der Waals surface area contributed by atoms with E-state index in [4.69, 9.17) is 4.52 Å². The average Bonchev–Trinajstić information content (AvgIpc) is 2.95. The Balaban J connectivity index is 1.89. The van der Waals surface area contributed by atoms with Crippen LogP contribution in [0.3, 0.4) is 0 Å². The number of phenolic OH excluding ortho intramolecular Hbond substituents is 1. The van der Waals surface area contributed by atoms with Crippen LogP contribution in [-0.2, 0) is 0 Å². The van der Waals surface area contributed by atoms with Gasteiger partial charge in [-0.25, -0.2) is 0 Å². The van der Waals surface area contributed by atoms with Crippen LogP contribution in [-0.4, -0.2) is 28.3 Å². The van der Waals surface area contributed by atoms with Crippen molar-refractivity contribution >= 4 is 0 Å². The highest BCUT2D eigenvalue weighted by Crippen LogP contribution is 2.29. The first-order valence-electron chi connectivity index (χ1n) is 7.00. The maximum Gasteiger partial charge on any atom is 0.231 e. The summed E-state index contributed by atoms with van der Waals surface area (Å²) in [5.74, 6) is 1.94. The Morgan fingerprint density at radius 2 is 2.05 bits per heavy atom. The highest BCUT2D eigenvalue weighted by molar-refractivity contribution is 5.60. The number of hydrogen-bond acceptors (Lipinski definition) is 5. The molecule has 2 heterocycles. The third-order valence-corrected chi connectivity index (χ3v) is 3.84. The lowest BCUT2D eigenvalue weighted by Crippen LogP contribution is -2.28. The summed E-state index contributed by atoms with van der Waals surface area (Å²) in [5.41, 5.74) is 2.54. The fourth-order valence-electron chi connectivity index (χ4n) is 2.67. The molecule has 1 fully saturated rings. The third-order valence-electron chi connectivity index (χ3n) is 3.84. The van der Waals surface area contributed by atoms with Gasteiger partial charge in [0.05, 0.1) is 5.92 Å². The number of benzene rings is 1. The number of piperidine rings is 1. The van der Waals surface area contributed by atoms with E-state index in [-0.39, 0.29) is 0 Å². The van der Waals surface area contributed by atoms with E-state index in [2.05, 4.69) is 15.5 Å². The van der Waals surface area contributed by atoms with Gasteiger partial charge in [0.2, 0.25) is 11.7 Å². The van der Waals surface area contributed by atoms with E-state index in [0.717, 1.165) is 42.6 Å². The summed E-state index contributed by atoms with van der Waals surface area (Å²) in [4.78, 5) is 4.52. The highest BCUT2D eigenvalue weighted by Gasteiger charge is 2.22. The Labute approximate surface area is 118 Å². The van der Waals surface area contributed by atoms with Gasteiger partial charge in [-0.2, -0.15) is 4.98 Å². The molecule has 0 spiro atoms. The van der Waals surface area contributed by atoms with Gasteiger partial charge in [-0.1, -0.05) is 5.16 Å². The van der Waals surface area contributed by atoms with E-state index in [1.165, 1.54) is 0 Å². The van der Waals surface area contributed by atoms with Crippen LogP contribution in [0, 0.1) is 13.8 Å². The van der Waals surface area contributed by atoms with Crippen LogP contribution in [0.25, 0.3) is 11.4 Å². The normalized spacial score (nSPS) is 19.2. The van der Waals surface area contributed by atoms with Gasteiger partial charge in [0.25, 0.3) is 0 Å². The standard InChI is InChI=1S/C15H19N3O2/c1-9-6-12(7-10(2)13(9)19)14-17-15(20-18-14)11-4-3-5-16-8-11/h6-7,11,16,19H,3-5,8H2,1-2H3. The summed E-state index contributed by atoms with van der Waals surface area (Å²) in [7, 11) is 0. The fourth-order valence-corrected chi connectivity index (χ4v) is 2.67. The molecule has 20 heavy (non-hydrogen) atoms. The first-order valence-corrected chi connectivity index (χ1v) is 7.00. The summed E-state index contributed by atoms with van der Waals surface area (Å²) >= 11 is 0. The molecule has 5 nitrogen and oxygen atoms in total. The second kappa shape index (κ2) is 5.25. The van der Waals surface area contributed by atoms with Gasteiger partial charge in [-0.3, -0.25) is 0 Å². The smallest absolute Gasteiger partial charge is 0.231 e. The number of nitrogens with zero attached hydrogens (tertiary/aromatic N) is 2. The van der Waals surface area contributed by atoms with E-state index in [1.54, 1.807) is 0 Å². The van der Waals surface area contributed by atoms with E-state index >= 15 is 0 Å². The lowest BCUT2D eigenvalue weighted by Gasteiger charge is -2.18. The largest absolute Gasteiger partial charge is 0.507 e. The van der Waals surface area contributed by atoms with Crippen LogP contribution in [0.4, 0.5) is 0 Å². The van der Waals surface area contributed by atoms with Gasteiger partial charge in [-0.05, 0) is 56.5 Å². The first kappa shape index (κ1) is 13.1. The molecule has 5 heteroatoms. The first-order chi connectivity index (χ1) is 9.65. The molecule has 1 aliphatic rings. The summed E-state index contributed by atoms with van der Waals surface area (Å²) in [6, 6.07) is 3.77. The fraction of sp³-hybridized carbons (Fsp3) is 0.467. The minimum absolute atomic E-state index is 0.310. The molecule has 3 rings (SSSR count). The quantitative estimate of drug-likeness (QED) is 0.879. The molecule has 1 atom stereocenters. The molecular formula is C15H19N3O2. The number of hydrogen-bond donors (Lipinski definition) is 2. The maximum atomic E-state index is 9.81. The Hall–Kier alpha value is -1.88. The minimum atomic E-state index is 0.310. The number of phenols is 1. The van der Waals surface area contributed by atoms with Gasteiger partial charge in [0, 0.05) is 12.1 Å².